The van der Waals surface area contributed by atoms with Crippen molar-refractivity contribution in [3.05, 3.63) is 65.5 Å². The molecule has 1 aliphatic rings. The molecular weight excluding hydrogens is 361 g/mol. The number of halogens is 1. The number of rotatable bonds is 5. The lowest BCUT2D eigenvalue weighted by Crippen LogP contribution is -2.42. The Morgan fingerprint density at radius 1 is 1.18 bits per heavy atom. The topological polar surface area (TPSA) is 71.0 Å². The summed E-state index contributed by atoms with van der Waals surface area (Å²) in [6.07, 6.45) is 2.63. The Morgan fingerprint density at radius 3 is 2.57 bits per heavy atom. The van der Waals surface area contributed by atoms with Gasteiger partial charge in [0.25, 0.3) is 5.91 Å². The van der Waals surface area contributed by atoms with Crippen LogP contribution < -0.4 is 10.2 Å². The monoisotopic (exact) mass is 383 g/mol. The fourth-order valence-corrected chi connectivity index (χ4v) is 3.09. The Labute approximate surface area is 163 Å². The first-order chi connectivity index (χ1) is 13.6. The van der Waals surface area contributed by atoms with E-state index >= 15 is 0 Å². The first kappa shape index (κ1) is 19.5. The Bertz CT molecular complexity index is 859. The second kappa shape index (κ2) is 9.12. The molecule has 2 amide bonds. The van der Waals surface area contributed by atoms with Gasteiger partial charge in [-0.2, -0.15) is 5.10 Å². The van der Waals surface area contributed by atoms with Crippen LogP contribution in [-0.4, -0.2) is 43.1 Å². The largest absolute Gasteiger partial charge is 0.497 e. The minimum atomic E-state index is -0.323. The summed E-state index contributed by atoms with van der Waals surface area (Å²) >= 11 is 0. The van der Waals surface area contributed by atoms with E-state index in [2.05, 4.69) is 10.5 Å². The molecule has 0 radical (unpaired) electrons. The summed E-state index contributed by atoms with van der Waals surface area (Å²) in [6, 6.07) is 12.9. The number of piperidine rings is 1. The zero-order valence-corrected chi connectivity index (χ0v) is 15.6. The van der Waals surface area contributed by atoms with E-state index in [1.165, 1.54) is 18.3 Å². The Morgan fingerprint density at radius 2 is 1.89 bits per heavy atom. The SMILES string of the molecule is COc1cccc(C(=O)N2CCC(C(=O)N/N=C\c3ccc(F)cc3)CC2)c1. The van der Waals surface area contributed by atoms with Crippen LogP contribution in [0.15, 0.2) is 53.6 Å². The lowest BCUT2D eigenvalue weighted by Gasteiger charge is -2.31. The van der Waals surface area contributed by atoms with Crippen LogP contribution in [0, 0.1) is 11.7 Å². The maximum absolute atomic E-state index is 12.9. The van der Waals surface area contributed by atoms with E-state index in [9.17, 15) is 14.0 Å². The zero-order chi connectivity index (χ0) is 19.9. The van der Waals surface area contributed by atoms with Crippen LogP contribution in [0.3, 0.4) is 0 Å². The molecule has 1 fully saturated rings. The number of carbonyl (C=O) groups is 2. The number of hydrogen-bond acceptors (Lipinski definition) is 4. The number of carbonyl (C=O) groups excluding carboxylic acids is 2. The highest BCUT2D eigenvalue weighted by molar-refractivity contribution is 5.94. The van der Waals surface area contributed by atoms with Crippen LogP contribution in [0.1, 0.15) is 28.8 Å². The number of nitrogens with one attached hydrogen (secondary N) is 1. The van der Waals surface area contributed by atoms with Crippen molar-refractivity contribution in [1.29, 1.82) is 0 Å². The van der Waals surface area contributed by atoms with Gasteiger partial charge < -0.3 is 9.64 Å². The fourth-order valence-electron chi connectivity index (χ4n) is 3.09. The molecule has 0 aliphatic carbocycles. The number of nitrogens with zero attached hydrogens (tertiary/aromatic N) is 2. The van der Waals surface area contributed by atoms with Crippen molar-refractivity contribution in [2.45, 2.75) is 12.8 Å². The summed E-state index contributed by atoms with van der Waals surface area (Å²) in [5.74, 6) is -0.116. The smallest absolute Gasteiger partial charge is 0.253 e. The summed E-state index contributed by atoms with van der Waals surface area (Å²) in [7, 11) is 1.56. The normalized spacial score (nSPS) is 14.9. The molecule has 2 aromatic rings. The van der Waals surface area contributed by atoms with Crippen molar-refractivity contribution in [3.8, 4) is 5.75 Å². The average molecular weight is 383 g/mol. The van der Waals surface area contributed by atoms with Crippen LogP contribution in [0.2, 0.25) is 0 Å². The maximum atomic E-state index is 12.9. The molecule has 2 aromatic carbocycles. The van der Waals surface area contributed by atoms with Crippen LogP contribution in [0.5, 0.6) is 5.75 Å². The predicted octanol–water partition coefficient (Wildman–Crippen LogP) is 2.84. The average Bonchev–Trinajstić information content (AvgIpc) is 2.74. The van der Waals surface area contributed by atoms with E-state index in [0.717, 1.165) is 0 Å². The Kier molecular flexibility index (Phi) is 6.37. The van der Waals surface area contributed by atoms with Gasteiger partial charge in [-0.05, 0) is 48.7 Å². The maximum Gasteiger partial charge on any atom is 0.253 e. The van der Waals surface area contributed by atoms with Crippen molar-refractivity contribution in [3.63, 3.8) is 0 Å². The highest BCUT2D eigenvalue weighted by atomic mass is 19.1. The third-order valence-electron chi connectivity index (χ3n) is 4.73. The van der Waals surface area contributed by atoms with E-state index in [0.29, 0.717) is 42.8 Å². The molecule has 0 atom stereocenters. The van der Waals surface area contributed by atoms with Crippen molar-refractivity contribution >= 4 is 18.0 Å². The molecule has 28 heavy (non-hydrogen) atoms. The molecule has 0 saturated carbocycles. The second-order valence-electron chi connectivity index (χ2n) is 6.58. The summed E-state index contributed by atoms with van der Waals surface area (Å²) in [4.78, 5) is 26.6. The molecular formula is C21H22FN3O3. The molecule has 1 aliphatic heterocycles. The highest BCUT2D eigenvalue weighted by Crippen LogP contribution is 2.21. The quantitative estimate of drug-likeness (QED) is 0.638. The van der Waals surface area contributed by atoms with Crippen molar-refractivity contribution < 1.29 is 18.7 Å². The molecule has 0 unspecified atom stereocenters. The van der Waals surface area contributed by atoms with E-state index in [-0.39, 0.29) is 23.5 Å². The number of hydrazone groups is 1. The van der Waals surface area contributed by atoms with E-state index in [4.69, 9.17) is 4.74 Å². The third kappa shape index (κ3) is 4.94. The number of methoxy groups -OCH3 is 1. The zero-order valence-electron chi connectivity index (χ0n) is 15.6. The van der Waals surface area contributed by atoms with Gasteiger partial charge in [-0.25, -0.2) is 9.82 Å². The van der Waals surface area contributed by atoms with Crippen LogP contribution in [0.25, 0.3) is 0 Å². The third-order valence-corrected chi connectivity index (χ3v) is 4.73. The van der Waals surface area contributed by atoms with E-state index in [1.807, 2.05) is 0 Å². The molecule has 0 aromatic heterocycles. The van der Waals surface area contributed by atoms with Gasteiger partial charge in [0.05, 0.1) is 13.3 Å². The number of hydrogen-bond donors (Lipinski definition) is 1. The number of likely N-dealkylation sites (tertiary alicyclic amines) is 1. The number of ether oxygens (including phenoxy) is 1. The molecule has 3 rings (SSSR count). The molecule has 7 heteroatoms. The fraction of sp³-hybridized carbons (Fsp3) is 0.286. The lowest BCUT2D eigenvalue weighted by atomic mass is 9.95. The standard InChI is InChI=1S/C21H22FN3O3/c1-28-19-4-2-3-17(13-19)21(27)25-11-9-16(10-12-25)20(26)24-23-14-15-5-7-18(22)8-6-15/h2-8,13-14,16H,9-12H2,1H3,(H,24,26)/b23-14-. The number of benzene rings is 2. The van der Waals surface area contributed by atoms with Gasteiger partial charge in [0.15, 0.2) is 0 Å². The number of amides is 2. The van der Waals surface area contributed by atoms with Gasteiger partial charge in [0.2, 0.25) is 5.91 Å². The van der Waals surface area contributed by atoms with Gasteiger partial charge >= 0.3 is 0 Å². The molecule has 0 spiro atoms. The first-order valence-electron chi connectivity index (χ1n) is 9.08. The van der Waals surface area contributed by atoms with Gasteiger partial charge in [-0.3, -0.25) is 9.59 Å². The van der Waals surface area contributed by atoms with Crippen LogP contribution in [0.4, 0.5) is 4.39 Å². The Hall–Kier alpha value is -3.22. The molecule has 146 valence electrons. The van der Waals surface area contributed by atoms with E-state index < -0.39 is 0 Å². The van der Waals surface area contributed by atoms with Crippen LogP contribution >= 0.6 is 0 Å². The van der Waals surface area contributed by atoms with Gasteiger partial charge in [-0.15, -0.1) is 0 Å². The first-order valence-corrected chi connectivity index (χ1v) is 9.08. The molecule has 0 bridgehead atoms. The predicted molar refractivity (Wildman–Crippen MR) is 104 cm³/mol. The minimum Gasteiger partial charge on any atom is -0.497 e. The second-order valence-corrected chi connectivity index (χ2v) is 6.58. The van der Waals surface area contributed by atoms with Crippen molar-refractivity contribution in [1.82, 2.24) is 10.3 Å². The molecule has 1 heterocycles. The van der Waals surface area contributed by atoms with Crippen LogP contribution in [-0.2, 0) is 4.79 Å². The lowest BCUT2D eigenvalue weighted by molar-refractivity contribution is -0.126. The summed E-state index contributed by atoms with van der Waals surface area (Å²) in [5.41, 5.74) is 3.79. The van der Waals surface area contributed by atoms with Crippen molar-refractivity contribution in [2.75, 3.05) is 20.2 Å². The summed E-state index contributed by atoms with van der Waals surface area (Å²) < 4.78 is 18.0. The Balaban J connectivity index is 1.49. The molecule has 1 N–H and O–H groups in total. The van der Waals surface area contributed by atoms with Crippen molar-refractivity contribution in [2.24, 2.45) is 11.0 Å². The van der Waals surface area contributed by atoms with Gasteiger partial charge in [0, 0.05) is 24.6 Å². The minimum absolute atomic E-state index is 0.0629. The van der Waals surface area contributed by atoms with Gasteiger partial charge in [-0.1, -0.05) is 18.2 Å². The molecule has 6 nitrogen and oxygen atoms in total. The van der Waals surface area contributed by atoms with Gasteiger partial charge in [0.1, 0.15) is 11.6 Å². The summed E-state index contributed by atoms with van der Waals surface area (Å²) in [5, 5.41) is 3.93. The summed E-state index contributed by atoms with van der Waals surface area (Å²) in [6.45, 7) is 1.02. The highest BCUT2D eigenvalue weighted by Gasteiger charge is 2.27. The van der Waals surface area contributed by atoms with E-state index in [1.54, 1.807) is 48.4 Å². The molecule has 1 saturated heterocycles.